The maximum Gasteiger partial charge on any atom is 0.191 e. The van der Waals surface area contributed by atoms with Gasteiger partial charge in [-0.25, -0.2) is 9.37 Å². The first-order valence-corrected chi connectivity index (χ1v) is 11.0. The van der Waals surface area contributed by atoms with Crippen molar-refractivity contribution in [1.29, 1.82) is 0 Å². The number of likely N-dealkylation sites (N-methyl/N-ethyl adjacent to an activating group) is 1. The lowest BCUT2D eigenvalue weighted by molar-refractivity contribution is 0.270. The minimum Gasteiger partial charge on any atom is -0.367 e. The van der Waals surface area contributed by atoms with Crippen molar-refractivity contribution in [2.75, 3.05) is 51.2 Å². The normalized spacial score (nSPS) is 15.6. The molecule has 1 aromatic heterocycles. The molecule has 1 aliphatic heterocycles. The Balaban J connectivity index is 1.47. The first-order chi connectivity index (χ1) is 14.1. The predicted octanol–water partition coefficient (Wildman–Crippen LogP) is 2.64. The van der Waals surface area contributed by atoms with Gasteiger partial charge in [0.1, 0.15) is 5.82 Å². The van der Waals surface area contributed by atoms with Crippen LogP contribution in [0.2, 0.25) is 0 Å². The third-order valence-electron chi connectivity index (χ3n) is 5.16. The van der Waals surface area contributed by atoms with Crippen LogP contribution in [0.4, 0.5) is 10.1 Å². The summed E-state index contributed by atoms with van der Waals surface area (Å²) in [7, 11) is 1.74. The Morgan fingerprint density at radius 3 is 2.66 bits per heavy atom. The Hall–Kier alpha value is -2.19. The Kier molecular flexibility index (Phi) is 7.83. The van der Waals surface area contributed by atoms with Gasteiger partial charge in [-0.05, 0) is 31.2 Å². The van der Waals surface area contributed by atoms with Gasteiger partial charge in [0.25, 0.3) is 0 Å². The third-order valence-corrected chi connectivity index (χ3v) is 6.13. The van der Waals surface area contributed by atoms with Crippen molar-refractivity contribution in [1.82, 2.24) is 20.5 Å². The van der Waals surface area contributed by atoms with E-state index in [-0.39, 0.29) is 5.82 Å². The molecule has 29 heavy (non-hydrogen) atoms. The summed E-state index contributed by atoms with van der Waals surface area (Å²) < 4.78 is 14.7. The SMILES string of the molecule is CCN1CCN(c2ccc(CNC(=NC)NCCc3ncc(C)s3)cc2F)CC1. The summed E-state index contributed by atoms with van der Waals surface area (Å²) in [5.41, 5.74) is 1.60. The first-order valence-electron chi connectivity index (χ1n) is 10.2. The molecule has 0 spiro atoms. The number of thiazole rings is 1. The molecule has 1 saturated heterocycles. The topological polar surface area (TPSA) is 55.8 Å². The molecule has 1 fully saturated rings. The number of rotatable bonds is 7. The van der Waals surface area contributed by atoms with E-state index >= 15 is 0 Å². The second-order valence-corrected chi connectivity index (χ2v) is 8.49. The van der Waals surface area contributed by atoms with Gasteiger partial charge < -0.3 is 20.4 Å². The van der Waals surface area contributed by atoms with Crippen molar-refractivity contribution < 1.29 is 4.39 Å². The molecular weight excluding hydrogens is 387 g/mol. The van der Waals surface area contributed by atoms with E-state index in [0.29, 0.717) is 18.2 Å². The molecule has 2 N–H and O–H groups in total. The van der Waals surface area contributed by atoms with Crippen molar-refractivity contribution in [3.05, 3.63) is 45.7 Å². The van der Waals surface area contributed by atoms with Crippen LogP contribution in [-0.4, -0.2) is 62.2 Å². The molecule has 0 atom stereocenters. The second-order valence-electron chi connectivity index (χ2n) is 7.17. The Morgan fingerprint density at radius 1 is 1.24 bits per heavy atom. The van der Waals surface area contributed by atoms with E-state index < -0.39 is 0 Å². The lowest BCUT2D eigenvalue weighted by Gasteiger charge is -2.35. The average molecular weight is 419 g/mol. The number of hydrogen-bond acceptors (Lipinski definition) is 5. The number of anilines is 1. The van der Waals surface area contributed by atoms with E-state index in [4.69, 9.17) is 0 Å². The fraction of sp³-hybridized carbons (Fsp3) is 0.524. The zero-order valence-corrected chi connectivity index (χ0v) is 18.4. The standard InChI is InChI=1S/C21H31FN6S/c1-4-27-9-11-28(12-10-27)19-6-5-17(13-18(19)22)15-26-21(23-3)24-8-7-20-25-14-16(2)29-20/h5-6,13-14H,4,7-12,15H2,1-3H3,(H2,23,24,26). The molecule has 2 aromatic rings. The zero-order valence-electron chi connectivity index (χ0n) is 17.5. The number of aromatic nitrogens is 1. The van der Waals surface area contributed by atoms with Crippen LogP contribution in [0.25, 0.3) is 0 Å². The van der Waals surface area contributed by atoms with Crippen LogP contribution in [-0.2, 0) is 13.0 Å². The molecule has 1 aromatic carbocycles. The van der Waals surface area contributed by atoms with E-state index in [0.717, 1.165) is 56.3 Å². The number of piperazine rings is 1. The minimum absolute atomic E-state index is 0.156. The smallest absolute Gasteiger partial charge is 0.191 e. The zero-order chi connectivity index (χ0) is 20.6. The Bertz CT molecular complexity index is 813. The third kappa shape index (κ3) is 6.14. The highest BCUT2D eigenvalue weighted by Gasteiger charge is 2.18. The van der Waals surface area contributed by atoms with Gasteiger partial charge in [0.2, 0.25) is 0 Å². The van der Waals surface area contributed by atoms with Crippen molar-refractivity contribution in [3.8, 4) is 0 Å². The molecule has 0 bridgehead atoms. The predicted molar refractivity (Wildman–Crippen MR) is 119 cm³/mol. The minimum atomic E-state index is -0.156. The number of guanidine groups is 1. The highest BCUT2D eigenvalue weighted by Crippen LogP contribution is 2.22. The summed E-state index contributed by atoms with van der Waals surface area (Å²) in [5.74, 6) is 0.551. The number of hydrogen-bond donors (Lipinski definition) is 2. The quantitative estimate of drug-likeness (QED) is 0.535. The number of benzene rings is 1. The van der Waals surface area contributed by atoms with Crippen LogP contribution in [0.3, 0.4) is 0 Å². The maximum absolute atomic E-state index is 14.7. The molecule has 158 valence electrons. The Morgan fingerprint density at radius 2 is 2.03 bits per heavy atom. The second kappa shape index (κ2) is 10.5. The van der Waals surface area contributed by atoms with E-state index in [2.05, 4.69) is 44.3 Å². The highest BCUT2D eigenvalue weighted by atomic mass is 32.1. The van der Waals surface area contributed by atoms with Crippen molar-refractivity contribution in [3.63, 3.8) is 0 Å². The lowest BCUT2D eigenvalue weighted by atomic mass is 10.1. The van der Waals surface area contributed by atoms with Crippen LogP contribution in [0.15, 0.2) is 29.4 Å². The van der Waals surface area contributed by atoms with Crippen molar-refractivity contribution in [2.24, 2.45) is 4.99 Å². The molecular formula is C21H31FN6S. The summed E-state index contributed by atoms with van der Waals surface area (Å²) in [5, 5.41) is 7.65. The largest absolute Gasteiger partial charge is 0.367 e. The number of halogens is 1. The molecule has 0 saturated carbocycles. The molecule has 8 heteroatoms. The molecule has 2 heterocycles. The summed E-state index contributed by atoms with van der Waals surface area (Å²) in [6.45, 7) is 10.3. The van der Waals surface area contributed by atoms with Crippen LogP contribution in [0, 0.1) is 12.7 Å². The van der Waals surface area contributed by atoms with Crippen molar-refractivity contribution in [2.45, 2.75) is 26.8 Å². The van der Waals surface area contributed by atoms with E-state index in [9.17, 15) is 4.39 Å². The molecule has 0 unspecified atom stereocenters. The van der Waals surface area contributed by atoms with Gasteiger partial charge in [0.05, 0.1) is 10.7 Å². The lowest BCUT2D eigenvalue weighted by Crippen LogP contribution is -2.46. The highest BCUT2D eigenvalue weighted by molar-refractivity contribution is 7.11. The van der Waals surface area contributed by atoms with E-state index in [1.54, 1.807) is 24.5 Å². The molecule has 0 aliphatic carbocycles. The number of nitrogens with one attached hydrogen (secondary N) is 2. The summed E-state index contributed by atoms with van der Waals surface area (Å²) in [4.78, 5) is 14.4. The molecule has 3 rings (SSSR count). The first kappa shape index (κ1) is 21.5. The molecule has 1 aliphatic rings. The van der Waals surface area contributed by atoms with E-state index in [1.165, 1.54) is 4.88 Å². The Labute approximate surface area is 176 Å². The monoisotopic (exact) mass is 418 g/mol. The van der Waals surface area contributed by atoms with Gasteiger partial charge in [-0.2, -0.15) is 0 Å². The van der Waals surface area contributed by atoms with Crippen molar-refractivity contribution >= 4 is 23.0 Å². The van der Waals surface area contributed by atoms with Gasteiger partial charge in [-0.1, -0.05) is 13.0 Å². The van der Waals surface area contributed by atoms with Gasteiger partial charge in [-0.3, -0.25) is 4.99 Å². The number of aliphatic imine (C=N–C) groups is 1. The fourth-order valence-corrected chi connectivity index (χ4v) is 4.22. The summed E-state index contributed by atoms with van der Waals surface area (Å²) >= 11 is 1.71. The maximum atomic E-state index is 14.7. The molecule has 6 nitrogen and oxygen atoms in total. The molecule has 0 radical (unpaired) electrons. The van der Waals surface area contributed by atoms with Crippen LogP contribution < -0.4 is 15.5 Å². The van der Waals surface area contributed by atoms with Gasteiger partial charge >= 0.3 is 0 Å². The summed E-state index contributed by atoms with van der Waals surface area (Å²) in [6, 6.07) is 5.51. The average Bonchev–Trinajstić information content (AvgIpc) is 3.15. The molecule has 0 amide bonds. The van der Waals surface area contributed by atoms with Crippen LogP contribution >= 0.6 is 11.3 Å². The summed E-state index contributed by atoms with van der Waals surface area (Å²) in [6.07, 6.45) is 2.75. The fourth-order valence-electron chi connectivity index (χ4n) is 3.43. The van der Waals surface area contributed by atoms with Gasteiger partial charge in [0, 0.05) is 63.8 Å². The van der Waals surface area contributed by atoms with Crippen LogP contribution in [0.1, 0.15) is 22.4 Å². The van der Waals surface area contributed by atoms with Gasteiger partial charge in [0.15, 0.2) is 5.96 Å². The number of nitrogens with zero attached hydrogens (tertiary/aromatic N) is 4. The van der Waals surface area contributed by atoms with E-state index in [1.807, 2.05) is 18.3 Å². The van der Waals surface area contributed by atoms with Gasteiger partial charge in [-0.15, -0.1) is 11.3 Å². The van der Waals surface area contributed by atoms with Crippen LogP contribution in [0.5, 0.6) is 0 Å². The number of aryl methyl sites for hydroxylation is 1.